The number of aliphatic carboxylic acids is 1. The molecule has 2 N–H and O–H groups in total. The van der Waals surface area contributed by atoms with Crippen LogP contribution in [0.3, 0.4) is 0 Å². The van der Waals surface area contributed by atoms with Crippen molar-refractivity contribution in [2.75, 3.05) is 0 Å². The molecular weight excluding hydrogens is 432 g/mol. The maximum atomic E-state index is 16.6. The Morgan fingerprint density at radius 3 is 2.47 bits per heavy atom. The number of carbonyl (C=O) groups is 1. The van der Waals surface area contributed by atoms with Gasteiger partial charge in [-0.05, 0) is 88.7 Å². The SMILES string of the molecule is Cc1ccc(C2=CC(C3CC3)=C(F)C(C(CC(=O)O)N[S@+]([O-])C(C)(C)C)C2(C)F)c(C)c1. The molecule has 1 fully saturated rings. The van der Waals surface area contributed by atoms with Crippen molar-refractivity contribution in [2.24, 2.45) is 11.8 Å². The number of halogens is 2. The van der Waals surface area contributed by atoms with Crippen LogP contribution < -0.4 is 4.72 Å². The first-order valence-corrected chi connectivity index (χ1v) is 12.2. The van der Waals surface area contributed by atoms with E-state index in [9.17, 15) is 14.5 Å². The third kappa shape index (κ3) is 5.10. The molecule has 0 saturated heterocycles. The summed E-state index contributed by atoms with van der Waals surface area (Å²) in [6, 6.07) is 4.51. The minimum Gasteiger partial charge on any atom is -0.598 e. The summed E-state index contributed by atoms with van der Waals surface area (Å²) in [7, 11) is 0. The molecule has 176 valence electrons. The maximum Gasteiger partial charge on any atom is 0.305 e. The summed E-state index contributed by atoms with van der Waals surface area (Å²) in [6.45, 7) is 10.3. The van der Waals surface area contributed by atoms with Crippen molar-refractivity contribution in [1.82, 2.24) is 4.72 Å². The number of carboxylic acid groups (broad SMARTS) is 1. The smallest absolute Gasteiger partial charge is 0.305 e. The highest BCUT2D eigenvalue weighted by Crippen LogP contribution is 2.53. The van der Waals surface area contributed by atoms with Gasteiger partial charge >= 0.3 is 5.97 Å². The van der Waals surface area contributed by atoms with Crippen LogP contribution in [0.15, 0.2) is 35.7 Å². The number of rotatable bonds is 7. The van der Waals surface area contributed by atoms with Gasteiger partial charge in [-0.1, -0.05) is 23.8 Å². The van der Waals surface area contributed by atoms with E-state index in [1.54, 1.807) is 26.8 Å². The van der Waals surface area contributed by atoms with Gasteiger partial charge in [-0.3, -0.25) is 4.79 Å². The molecule has 1 aromatic carbocycles. The van der Waals surface area contributed by atoms with Crippen LogP contribution in [0, 0.1) is 25.7 Å². The Hall–Kier alpha value is -1.70. The van der Waals surface area contributed by atoms with E-state index in [2.05, 4.69) is 4.72 Å². The van der Waals surface area contributed by atoms with Gasteiger partial charge in [0.05, 0.1) is 18.4 Å². The molecule has 4 atom stereocenters. The van der Waals surface area contributed by atoms with Crippen LogP contribution in [-0.2, 0) is 16.2 Å². The van der Waals surface area contributed by atoms with Gasteiger partial charge in [0.15, 0.2) is 0 Å². The Kier molecular flexibility index (Phi) is 6.95. The lowest BCUT2D eigenvalue weighted by Crippen LogP contribution is -2.54. The van der Waals surface area contributed by atoms with Crippen molar-refractivity contribution in [1.29, 1.82) is 0 Å². The number of nitrogens with one attached hydrogen (secondary N) is 1. The van der Waals surface area contributed by atoms with E-state index in [0.717, 1.165) is 24.0 Å². The van der Waals surface area contributed by atoms with Crippen molar-refractivity contribution in [2.45, 2.75) is 77.3 Å². The monoisotopic (exact) mass is 465 g/mol. The van der Waals surface area contributed by atoms with E-state index in [-0.39, 0.29) is 5.92 Å². The molecule has 7 heteroatoms. The molecule has 2 aliphatic carbocycles. The zero-order valence-corrected chi connectivity index (χ0v) is 20.4. The molecule has 0 aromatic heterocycles. The second-order valence-corrected chi connectivity index (χ2v) is 12.2. The lowest BCUT2D eigenvalue weighted by molar-refractivity contribution is -0.137. The molecular formula is C25H33F2NO3S. The minimum absolute atomic E-state index is 0.00736. The van der Waals surface area contributed by atoms with Crippen LogP contribution >= 0.6 is 0 Å². The number of benzene rings is 1. The third-order valence-corrected chi connectivity index (χ3v) is 7.89. The molecule has 0 spiro atoms. The fourth-order valence-electron chi connectivity index (χ4n) is 4.40. The van der Waals surface area contributed by atoms with Gasteiger partial charge in [0, 0.05) is 11.4 Å². The first-order chi connectivity index (χ1) is 14.7. The number of hydrogen-bond donors (Lipinski definition) is 2. The molecule has 3 rings (SSSR count). The first kappa shape index (κ1) is 24.9. The Morgan fingerprint density at radius 1 is 1.34 bits per heavy atom. The van der Waals surface area contributed by atoms with Crippen LogP contribution in [0.2, 0.25) is 0 Å². The summed E-state index contributed by atoms with van der Waals surface area (Å²) >= 11 is -1.69. The van der Waals surface area contributed by atoms with E-state index in [1.807, 2.05) is 32.0 Å². The Morgan fingerprint density at radius 2 is 1.97 bits per heavy atom. The lowest BCUT2D eigenvalue weighted by atomic mass is 9.70. The molecule has 0 heterocycles. The molecule has 1 aromatic rings. The normalized spacial score (nSPS) is 26.0. The summed E-state index contributed by atoms with van der Waals surface area (Å²) in [5.41, 5.74) is 1.19. The van der Waals surface area contributed by atoms with Gasteiger partial charge in [-0.15, -0.1) is 4.72 Å². The van der Waals surface area contributed by atoms with Gasteiger partial charge in [0.1, 0.15) is 16.2 Å². The predicted molar refractivity (Wildman–Crippen MR) is 125 cm³/mol. The molecule has 32 heavy (non-hydrogen) atoms. The van der Waals surface area contributed by atoms with Crippen molar-refractivity contribution in [3.05, 3.63) is 52.4 Å². The highest BCUT2D eigenvalue weighted by molar-refractivity contribution is 7.90. The third-order valence-electron chi connectivity index (χ3n) is 6.26. The van der Waals surface area contributed by atoms with Crippen LogP contribution in [-0.4, -0.2) is 32.1 Å². The Bertz CT molecular complexity index is 960. The molecule has 0 aliphatic heterocycles. The number of allylic oxidation sites excluding steroid dienone is 3. The van der Waals surface area contributed by atoms with E-state index < -0.39 is 52.0 Å². The second kappa shape index (κ2) is 8.92. The molecule has 0 amide bonds. The average Bonchev–Trinajstić information content (AvgIpc) is 3.46. The van der Waals surface area contributed by atoms with Gasteiger partial charge in [0.25, 0.3) is 0 Å². The zero-order chi connectivity index (χ0) is 24.0. The maximum absolute atomic E-state index is 16.6. The summed E-state index contributed by atoms with van der Waals surface area (Å²) in [6.07, 6.45) is 2.72. The average molecular weight is 466 g/mol. The summed E-state index contributed by atoms with van der Waals surface area (Å²) in [4.78, 5) is 11.7. The fraction of sp³-hybridized carbons (Fsp3) is 0.560. The molecule has 0 bridgehead atoms. The number of alkyl halides is 1. The molecule has 2 aliphatic rings. The highest BCUT2D eigenvalue weighted by atomic mass is 32.2. The van der Waals surface area contributed by atoms with Crippen molar-refractivity contribution < 1.29 is 23.2 Å². The van der Waals surface area contributed by atoms with Crippen LogP contribution in [0.5, 0.6) is 0 Å². The molecule has 1 saturated carbocycles. The largest absolute Gasteiger partial charge is 0.598 e. The topological polar surface area (TPSA) is 72.4 Å². The van der Waals surface area contributed by atoms with Gasteiger partial charge in [0.2, 0.25) is 0 Å². The van der Waals surface area contributed by atoms with E-state index in [4.69, 9.17) is 0 Å². The summed E-state index contributed by atoms with van der Waals surface area (Å²) < 4.78 is 47.4. The Balaban J connectivity index is 2.14. The standard InChI is InChI=1S/C25H33F2NO3S/c1-14-7-10-17(15(2)11-14)19-12-18(16-8-9-16)23(26)22(25(19,6)27)20(13-21(29)30)28-32(31)24(3,4)5/h7,10-12,16,20,22,28H,8-9,13H2,1-6H3,(H,29,30)/t20?,22?,25?,32-/m1/s1. The van der Waals surface area contributed by atoms with Crippen LogP contribution in [0.4, 0.5) is 8.78 Å². The van der Waals surface area contributed by atoms with Crippen molar-refractivity contribution in [3.8, 4) is 0 Å². The number of carboxylic acids is 1. The van der Waals surface area contributed by atoms with Crippen LogP contribution in [0.25, 0.3) is 5.57 Å². The molecule has 3 unspecified atom stereocenters. The molecule has 4 nitrogen and oxygen atoms in total. The first-order valence-electron chi connectivity index (χ1n) is 11.0. The fourth-order valence-corrected chi connectivity index (χ4v) is 5.25. The predicted octanol–water partition coefficient (Wildman–Crippen LogP) is 5.57. The van der Waals surface area contributed by atoms with Crippen molar-refractivity contribution >= 4 is 22.9 Å². The van der Waals surface area contributed by atoms with Gasteiger partial charge in [-0.25, -0.2) is 8.78 Å². The summed E-state index contributed by atoms with van der Waals surface area (Å²) in [5.74, 6) is -3.22. The molecule has 0 radical (unpaired) electrons. The zero-order valence-electron chi connectivity index (χ0n) is 19.6. The second-order valence-electron chi connectivity index (χ2n) is 10.2. The van der Waals surface area contributed by atoms with Crippen LogP contribution in [0.1, 0.15) is 63.6 Å². The number of hydrogen-bond acceptors (Lipinski definition) is 3. The van der Waals surface area contributed by atoms with E-state index in [1.165, 1.54) is 6.92 Å². The minimum atomic E-state index is -2.20. The van der Waals surface area contributed by atoms with E-state index in [0.29, 0.717) is 16.7 Å². The number of aryl methyl sites for hydroxylation is 2. The van der Waals surface area contributed by atoms with Crippen molar-refractivity contribution in [3.63, 3.8) is 0 Å². The van der Waals surface area contributed by atoms with Gasteiger partial charge < -0.3 is 9.66 Å². The van der Waals surface area contributed by atoms with E-state index >= 15 is 8.78 Å². The highest BCUT2D eigenvalue weighted by Gasteiger charge is 2.52. The Labute approximate surface area is 192 Å². The summed E-state index contributed by atoms with van der Waals surface area (Å²) in [5, 5.41) is 9.52. The lowest BCUT2D eigenvalue weighted by Gasteiger charge is -2.41. The quantitative estimate of drug-likeness (QED) is 0.516. The van der Waals surface area contributed by atoms with Gasteiger partial charge in [-0.2, -0.15) is 0 Å².